The number of hydrogen-bond acceptors (Lipinski definition) is 1. The Morgan fingerprint density at radius 1 is 1.06 bits per heavy atom. The fourth-order valence-electron chi connectivity index (χ4n) is 1.81. The van der Waals surface area contributed by atoms with Crippen LogP contribution >= 0.6 is 0 Å². The maximum Gasteiger partial charge on any atom is 0.119 e. The maximum atomic E-state index is 5.82. The summed E-state index contributed by atoms with van der Waals surface area (Å²) in [5, 5.41) is 0. The van der Waals surface area contributed by atoms with Crippen molar-refractivity contribution < 1.29 is 4.74 Å². The minimum atomic E-state index is 0.319. The monoisotopic (exact) mass is 220 g/mol. The van der Waals surface area contributed by atoms with Crippen LogP contribution in [0.4, 0.5) is 0 Å². The van der Waals surface area contributed by atoms with Gasteiger partial charge in [-0.3, -0.25) is 0 Å². The molecule has 0 N–H and O–H groups in total. The Hall–Kier alpha value is -0.980. The lowest BCUT2D eigenvalue weighted by Crippen LogP contribution is -2.10. The van der Waals surface area contributed by atoms with Crippen LogP contribution in [0.15, 0.2) is 24.3 Å². The summed E-state index contributed by atoms with van der Waals surface area (Å²) in [7, 11) is 0. The Labute approximate surface area is 99.8 Å². The minimum absolute atomic E-state index is 0.319. The Bertz CT molecular complexity index is 289. The normalized spacial score (nSPS) is 14.5. The molecule has 0 aliphatic carbocycles. The van der Waals surface area contributed by atoms with E-state index in [1.165, 1.54) is 18.4 Å². The second-order valence-electron chi connectivity index (χ2n) is 4.60. The zero-order valence-corrected chi connectivity index (χ0v) is 11.0. The van der Waals surface area contributed by atoms with E-state index in [9.17, 15) is 0 Å². The van der Waals surface area contributed by atoms with E-state index in [0.717, 1.165) is 12.2 Å². The summed E-state index contributed by atoms with van der Waals surface area (Å²) in [6, 6.07) is 8.55. The Balaban J connectivity index is 2.57. The molecule has 2 unspecified atom stereocenters. The van der Waals surface area contributed by atoms with Gasteiger partial charge in [0.25, 0.3) is 0 Å². The van der Waals surface area contributed by atoms with E-state index < -0.39 is 0 Å². The first-order valence-corrected chi connectivity index (χ1v) is 6.44. The van der Waals surface area contributed by atoms with Gasteiger partial charge in [-0.1, -0.05) is 39.3 Å². The molecule has 0 fully saturated rings. The molecular weight excluding hydrogens is 196 g/mol. The van der Waals surface area contributed by atoms with Crippen molar-refractivity contribution in [2.75, 3.05) is 0 Å². The second-order valence-corrected chi connectivity index (χ2v) is 4.60. The van der Waals surface area contributed by atoms with Crippen LogP contribution in [0.1, 0.15) is 58.4 Å². The van der Waals surface area contributed by atoms with Gasteiger partial charge in [0.15, 0.2) is 0 Å². The molecule has 0 amide bonds. The van der Waals surface area contributed by atoms with Gasteiger partial charge in [-0.2, -0.15) is 0 Å². The lowest BCUT2D eigenvalue weighted by molar-refractivity contribution is 0.210. The highest BCUT2D eigenvalue weighted by molar-refractivity contribution is 5.29. The van der Waals surface area contributed by atoms with E-state index in [1.807, 2.05) is 0 Å². The molecule has 0 bridgehead atoms. The first-order valence-electron chi connectivity index (χ1n) is 6.44. The van der Waals surface area contributed by atoms with Gasteiger partial charge in [-0.25, -0.2) is 0 Å². The van der Waals surface area contributed by atoms with Gasteiger partial charge in [0, 0.05) is 0 Å². The van der Waals surface area contributed by atoms with Crippen LogP contribution in [0.2, 0.25) is 0 Å². The lowest BCUT2D eigenvalue weighted by Gasteiger charge is -2.15. The first kappa shape index (κ1) is 13.1. The Morgan fingerprint density at radius 3 is 2.19 bits per heavy atom. The predicted molar refractivity (Wildman–Crippen MR) is 70.1 cm³/mol. The maximum absolute atomic E-state index is 5.82. The minimum Gasteiger partial charge on any atom is -0.491 e. The summed E-state index contributed by atoms with van der Waals surface area (Å²) in [5.41, 5.74) is 1.40. The van der Waals surface area contributed by atoms with Gasteiger partial charge in [0.05, 0.1) is 6.10 Å². The molecular formula is C15H24O. The van der Waals surface area contributed by atoms with Gasteiger partial charge in [0.2, 0.25) is 0 Å². The Morgan fingerprint density at radius 2 is 1.69 bits per heavy atom. The third-order valence-corrected chi connectivity index (χ3v) is 3.09. The van der Waals surface area contributed by atoms with Crippen molar-refractivity contribution in [3.63, 3.8) is 0 Å². The van der Waals surface area contributed by atoms with Crippen LogP contribution < -0.4 is 4.74 Å². The summed E-state index contributed by atoms with van der Waals surface area (Å²) in [4.78, 5) is 0. The molecule has 1 nitrogen and oxygen atoms in total. The molecule has 0 aromatic heterocycles. The second kappa shape index (κ2) is 6.57. The molecule has 1 rings (SSSR count). The van der Waals surface area contributed by atoms with Crippen molar-refractivity contribution in [1.82, 2.24) is 0 Å². The van der Waals surface area contributed by atoms with Crippen molar-refractivity contribution in [1.29, 1.82) is 0 Å². The van der Waals surface area contributed by atoms with E-state index in [2.05, 4.69) is 52.0 Å². The summed E-state index contributed by atoms with van der Waals surface area (Å²) in [6.07, 6.45) is 3.80. The van der Waals surface area contributed by atoms with Crippen molar-refractivity contribution in [2.45, 2.75) is 59.0 Å². The zero-order valence-electron chi connectivity index (χ0n) is 11.0. The number of rotatable bonds is 6. The molecule has 0 heterocycles. The summed E-state index contributed by atoms with van der Waals surface area (Å²) in [5.74, 6) is 1.63. The van der Waals surface area contributed by atoms with Gasteiger partial charge in [0.1, 0.15) is 5.75 Å². The van der Waals surface area contributed by atoms with Crippen LogP contribution in [0.3, 0.4) is 0 Å². The first-order chi connectivity index (χ1) is 7.67. The molecule has 1 aromatic carbocycles. The van der Waals surface area contributed by atoms with E-state index in [0.29, 0.717) is 12.0 Å². The van der Waals surface area contributed by atoms with Crippen LogP contribution in [0, 0.1) is 0 Å². The molecule has 1 aromatic rings. The number of ether oxygens (including phenoxy) is 1. The third kappa shape index (κ3) is 3.88. The van der Waals surface area contributed by atoms with E-state index in [1.54, 1.807) is 0 Å². The van der Waals surface area contributed by atoms with Crippen molar-refractivity contribution in [3.05, 3.63) is 29.8 Å². The molecule has 0 saturated carbocycles. The molecule has 2 atom stereocenters. The smallest absolute Gasteiger partial charge is 0.119 e. The number of hydrogen-bond donors (Lipinski definition) is 0. The molecule has 0 aliphatic rings. The van der Waals surface area contributed by atoms with Gasteiger partial charge >= 0.3 is 0 Å². The highest BCUT2D eigenvalue weighted by Crippen LogP contribution is 2.22. The molecule has 0 spiro atoms. The summed E-state index contributed by atoms with van der Waals surface area (Å²) < 4.78 is 5.82. The van der Waals surface area contributed by atoms with Gasteiger partial charge < -0.3 is 4.74 Å². The molecule has 1 heteroatoms. The fourth-order valence-corrected chi connectivity index (χ4v) is 1.81. The predicted octanol–water partition coefficient (Wildman–Crippen LogP) is 4.77. The lowest BCUT2D eigenvalue weighted by atomic mass is 9.99. The molecule has 0 saturated heterocycles. The SMILES string of the molecule is CCCC(C)Oc1ccc(C(C)CC)cc1. The summed E-state index contributed by atoms with van der Waals surface area (Å²) in [6.45, 7) is 8.80. The molecule has 0 radical (unpaired) electrons. The Kier molecular flexibility index (Phi) is 5.37. The van der Waals surface area contributed by atoms with Crippen molar-refractivity contribution in [2.24, 2.45) is 0 Å². The van der Waals surface area contributed by atoms with Gasteiger partial charge in [-0.05, 0) is 43.4 Å². The van der Waals surface area contributed by atoms with E-state index in [4.69, 9.17) is 4.74 Å². The topological polar surface area (TPSA) is 9.23 Å². The molecule has 0 aliphatic heterocycles. The summed E-state index contributed by atoms with van der Waals surface area (Å²) >= 11 is 0. The van der Waals surface area contributed by atoms with Gasteiger partial charge in [-0.15, -0.1) is 0 Å². The van der Waals surface area contributed by atoms with Crippen LogP contribution in [-0.4, -0.2) is 6.10 Å². The van der Waals surface area contributed by atoms with E-state index in [-0.39, 0.29) is 0 Å². The fraction of sp³-hybridized carbons (Fsp3) is 0.600. The highest BCUT2D eigenvalue weighted by atomic mass is 16.5. The van der Waals surface area contributed by atoms with E-state index >= 15 is 0 Å². The molecule has 16 heavy (non-hydrogen) atoms. The molecule has 90 valence electrons. The van der Waals surface area contributed by atoms with Crippen LogP contribution in [0.5, 0.6) is 5.75 Å². The highest BCUT2D eigenvalue weighted by Gasteiger charge is 2.05. The number of benzene rings is 1. The van der Waals surface area contributed by atoms with Crippen molar-refractivity contribution in [3.8, 4) is 5.75 Å². The standard InChI is InChI=1S/C15H24O/c1-5-7-13(4)16-15-10-8-14(9-11-15)12(3)6-2/h8-13H,5-7H2,1-4H3. The van der Waals surface area contributed by atoms with Crippen molar-refractivity contribution >= 4 is 0 Å². The largest absolute Gasteiger partial charge is 0.491 e. The van der Waals surface area contributed by atoms with Crippen LogP contribution in [-0.2, 0) is 0 Å². The third-order valence-electron chi connectivity index (χ3n) is 3.09. The average molecular weight is 220 g/mol. The quantitative estimate of drug-likeness (QED) is 0.671. The van der Waals surface area contributed by atoms with Crippen LogP contribution in [0.25, 0.3) is 0 Å². The zero-order chi connectivity index (χ0) is 12.0. The average Bonchev–Trinajstić information content (AvgIpc) is 2.29.